The van der Waals surface area contributed by atoms with Crippen molar-refractivity contribution in [2.75, 3.05) is 26.3 Å². The van der Waals surface area contributed by atoms with E-state index in [2.05, 4.69) is 41.9 Å². The fourth-order valence-corrected chi connectivity index (χ4v) is 14.0. The molecule has 97 heavy (non-hydrogen) atoms. The SMILES string of the molecule is CC(=O)NC1CC(C(=O)NCCNC(=O)C2CC(n3cc(-c4cccc(F)c4)nn3)C(O)[C@H](O[C@@H]3OC(CO)[C@H](O)C(n4cc(-c5cccc(F)c5)nn4)C3O)C2)C[C@@H](O[C@@H]2OC(CO)[C@H](O)C(O[C@@H](CC3CCCCC3)C(=O)O)C2NC(C)=O)C1O[C@@H]1OC(C)[C@@H](O)C(O)C1O. The van der Waals surface area contributed by atoms with Crippen LogP contribution in [0.15, 0.2) is 60.9 Å². The molecular formula is C63H86F2N10O22. The molecule has 3 aliphatic heterocycles. The molecule has 3 aliphatic carbocycles. The molecule has 15 unspecified atom stereocenters. The second kappa shape index (κ2) is 32.5. The lowest BCUT2D eigenvalue weighted by atomic mass is 9.80. The molecule has 534 valence electrons. The minimum atomic E-state index is -1.88. The summed E-state index contributed by atoms with van der Waals surface area (Å²) >= 11 is 0. The highest BCUT2D eigenvalue weighted by molar-refractivity contribution is 5.80. The molecule has 0 spiro atoms. The Morgan fingerprint density at radius 3 is 1.77 bits per heavy atom. The van der Waals surface area contributed by atoms with Crippen molar-refractivity contribution in [1.82, 2.24) is 51.3 Å². The standard InChI is InChI=1S/C63H86F2N10O22/c1-28-49(80)54(85)55(86)63(91-28)97-56-38(68-29(2)78)20-34(23-43(56)94-61-47(69-30(3)79)57(52(83)46(27-77)95-61)92-44(60(89)90)17-31-9-5-4-6-10-31)58(87)66-15-16-67-59(88)35-21-41(74-24-39(70-72-74)32-11-7-13-36(64)18-32)50(81)42(22-35)93-62-53(84)48(51(82)45(26-76)96-62)75-25-40(71-73-75)33-12-8-14-37(65)19-33/h7-8,11-14,18-19,24-25,28,31,34-35,38,41-57,61-63,76-77,80-86H,4-6,9-10,15-17,20-23,26-27H2,1-3H3,(H,66,87)(H,67,88)(H,68,78)(H,69,79)(H,89,90)/t28?,34?,35?,38?,41?,42-,43-,44+,45?,46?,47?,48?,49-,50?,51+,52+,53?,54?,55?,56?,57?,61-,62-,63+/m1/s1. The van der Waals surface area contributed by atoms with E-state index in [-0.39, 0.29) is 62.5 Å². The average Bonchev–Trinajstić information content (AvgIpc) is 1.67. The number of hydrogen-bond acceptors (Lipinski definition) is 25. The van der Waals surface area contributed by atoms with Crippen LogP contribution < -0.4 is 21.3 Å². The summed E-state index contributed by atoms with van der Waals surface area (Å²) in [5.74, 6) is -7.23. The number of nitrogens with one attached hydrogen (secondary N) is 4. The summed E-state index contributed by atoms with van der Waals surface area (Å²) in [6, 6.07) is 5.76. The Bertz CT molecular complexity index is 3320. The maximum atomic E-state index is 14.6. The predicted octanol–water partition coefficient (Wildman–Crippen LogP) is -2.00. The van der Waals surface area contributed by atoms with Gasteiger partial charge in [-0.2, -0.15) is 0 Å². The van der Waals surface area contributed by atoms with Crippen molar-refractivity contribution >= 4 is 29.6 Å². The van der Waals surface area contributed by atoms with Gasteiger partial charge in [0.1, 0.15) is 102 Å². The van der Waals surface area contributed by atoms with E-state index >= 15 is 0 Å². The lowest BCUT2D eigenvalue weighted by Gasteiger charge is -2.49. The van der Waals surface area contributed by atoms with E-state index in [1.165, 1.54) is 67.3 Å². The Hall–Kier alpha value is -6.71. The van der Waals surface area contributed by atoms with Gasteiger partial charge in [-0.15, -0.1) is 10.2 Å². The molecule has 34 heteroatoms. The van der Waals surface area contributed by atoms with Crippen LogP contribution >= 0.6 is 0 Å². The summed E-state index contributed by atoms with van der Waals surface area (Å²) in [6.07, 6.45) is -22.2. The van der Waals surface area contributed by atoms with E-state index in [1.807, 2.05) is 0 Å². The molecule has 6 fully saturated rings. The maximum Gasteiger partial charge on any atom is 0.332 e. The monoisotopic (exact) mass is 1370 g/mol. The van der Waals surface area contributed by atoms with E-state index in [0.717, 1.165) is 43.7 Å². The minimum Gasteiger partial charge on any atom is -0.479 e. The molecule has 10 rings (SSSR count). The quantitative estimate of drug-likeness (QED) is 0.0337. The number of hydrogen-bond donors (Lipinski definition) is 14. The lowest BCUT2D eigenvalue weighted by molar-refractivity contribution is -0.335. The predicted molar refractivity (Wildman–Crippen MR) is 326 cm³/mol. The second-order valence-corrected chi connectivity index (χ2v) is 25.9. The van der Waals surface area contributed by atoms with E-state index in [1.54, 1.807) is 12.1 Å². The first-order valence-electron chi connectivity index (χ1n) is 32.6. The van der Waals surface area contributed by atoms with Gasteiger partial charge in [0.2, 0.25) is 23.6 Å². The van der Waals surface area contributed by atoms with Gasteiger partial charge in [0.25, 0.3) is 0 Å². The molecule has 24 atom stereocenters. The van der Waals surface area contributed by atoms with Crippen molar-refractivity contribution in [2.24, 2.45) is 17.8 Å². The van der Waals surface area contributed by atoms with Gasteiger partial charge in [0.15, 0.2) is 25.0 Å². The highest BCUT2D eigenvalue weighted by Gasteiger charge is 2.55. The number of halogens is 2. The van der Waals surface area contributed by atoms with Crippen LogP contribution in [0.1, 0.15) is 97.1 Å². The second-order valence-electron chi connectivity index (χ2n) is 25.9. The van der Waals surface area contributed by atoms with E-state index in [0.29, 0.717) is 11.1 Å². The number of carboxylic acids is 1. The first-order valence-corrected chi connectivity index (χ1v) is 32.6. The Balaban J connectivity index is 0.869. The van der Waals surface area contributed by atoms with Gasteiger partial charge in [-0.3, -0.25) is 19.2 Å². The molecule has 6 aliphatic rings. The maximum absolute atomic E-state index is 14.6. The number of carboxylic acid groups (broad SMARTS) is 1. The number of aromatic nitrogens is 6. The van der Waals surface area contributed by atoms with Gasteiger partial charge in [0, 0.05) is 49.9 Å². The molecule has 3 saturated heterocycles. The summed E-state index contributed by atoms with van der Waals surface area (Å²) in [6.45, 7) is 1.63. The minimum absolute atomic E-state index is 0.0324. The largest absolute Gasteiger partial charge is 0.479 e. The first kappa shape index (κ1) is 73.0. The fourth-order valence-electron chi connectivity index (χ4n) is 14.0. The zero-order chi connectivity index (χ0) is 69.5. The first-order chi connectivity index (χ1) is 46.4. The van der Waals surface area contributed by atoms with Crippen molar-refractivity contribution in [2.45, 2.75) is 220 Å². The Kier molecular flexibility index (Phi) is 24.5. The van der Waals surface area contributed by atoms with Crippen LogP contribution in [0.5, 0.6) is 0 Å². The number of ether oxygens (including phenoxy) is 7. The Morgan fingerprint density at radius 2 is 1.18 bits per heavy atom. The van der Waals surface area contributed by atoms with Crippen molar-refractivity contribution in [3.05, 3.63) is 72.6 Å². The summed E-state index contributed by atoms with van der Waals surface area (Å²) in [5.41, 5.74) is 1.05. The van der Waals surface area contributed by atoms with Gasteiger partial charge in [0.05, 0.1) is 56.0 Å². The van der Waals surface area contributed by atoms with Crippen LogP contribution in [0, 0.1) is 29.4 Å². The molecule has 14 N–H and O–H groups in total. The molecule has 5 heterocycles. The van der Waals surface area contributed by atoms with Crippen molar-refractivity contribution in [3.63, 3.8) is 0 Å². The van der Waals surface area contributed by atoms with Crippen molar-refractivity contribution < 1.29 is 117 Å². The summed E-state index contributed by atoms with van der Waals surface area (Å²) in [7, 11) is 0. The van der Waals surface area contributed by atoms with E-state index in [9.17, 15) is 83.8 Å². The number of carbonyl (C=O) groups is 5. The van der Waals surface area contributed by atoms with Crippen molar-refractivity contribution in [3.8, 4) is 22.5 Å². The van der Waals surface area contributed by atoms with Crippen LogP contribution in [0.25, 0.3) is 22.5 Å². The average molecular weight is 1370 g/mol. The number of amides is 4. The molecular weight excluding hydrogens is 1290 g/mol. The van der Waals surface area contributed by atoms with Crippen LogP contribution in [-0.2, 0) is 57.1 Å². The molecule has 32 nitrogen and oxygen atoms in total. The van der Waals surface area contributed by atoms with Gasteiger partial charge < -0.3 is 105 Å². The van der Waals surface area contributed by atoms with Crippen LogP contribution in [0.3, 0.4) is 0 Å². The number of aliphatic hydroxyl groups is 9. The Labute approximate surface area is 554 Å². The number of nitrogens with zero attached hydrogens (tertiary/aromatic N) is 6. The number of benzene rings is 2. The highest BCUT2D eigenvalue weighted by Crippen LogP contribution is 2.41. The lowest BCUT2D eigenvalue weighted by Crippen LogP contribution is -2.68. The number of rotatable bonds is 24. The van der Waals surface area contributed by atoms with Gasteiger partial charge in [-0.05, 0) is 69.2 Å². The Morgan fingerprint density at radius 1 is 0.619 bits per heavy atom. The van der Waals surface area contributed by atoms with E-state index in [4.69, 9.17) is 33.2 Å². The molecule has 4 aromatic rings. The fraction of sp³-hybridized carbons (Fsp3) is 0.667. The zero-order valence-corrected chi connectivity index (χ0v) is 53.4. The normalized spacial score (nSPS) is 35.3. The van der Waals surface area contributed by atoms with E-state index < -0.39 is 201 Å². The molecule has 2 aromatic heterocycles. The van der Waals surface area contributed by atoms with Gasteiger partial charge >= 0.3 is 5.97 Å². The third kappa shape index (κ3) is 17.3. The molecule has 4 amide bonds. The number of aliphatic carboxylic acids is 1. The molecule has 3 saturated carbocycles. The van der Waals surface area contributed by atoms with Crippen molar-refractivity contribution in [1.29, 1.82) is 0 Å². The number of aliphatic hydroxyl groups excluding tert-OH is 9. The third-order valence-electron chi connectivity index (χ3n) is 19.1. The number of carbonyl (C=O) groups excluding carboxylic acids is 4. The zero-order valence-electron chi connectivity index (χ0n) is 53.4. The van der Waals surface area contributed by atoms with Crippen LogP contribution in [0.4, 0.5) is 8.78 Å². The van der Waals surface area contributed by atoms with Gasteiger partial charge in [-0.25, -0.2) is 22.9 Å². The highest BCUT2D eigenvalue weighted by atomic mass is 19.1. The smallest absolute Gasteiger partial charge is 0.332 e. The summed E-state index contributed by atoms with van der Waals surface area (Å²) < 4.78 is 74.4. The molecule has 0 radical (unpaired) electrons. The van der Waals surface area contributed by atoms with Crippen LogP contribution in [-0.4, -0.2) is 259 Å². The summed E-state index contributed by atoms with van der Waals surface area (Å²) in [4.78, 5) is 68.0. The van der Waals surface area contributed by atoms with Gasteiger partial charge in [-0.1, -0.05) is 66.8 Å². The summed E-state index contributed by atoms with van der Waals surface area (Å²) in [5, 5.41) is 139. The van der Waals surface area contributed by atoms with Crippen LogP contribution in [0.2, 0.25) is 0 Å². The third-order valence-corrected chi connectivity index (χ3v) is 19.1. The molecule has 0 bridgehead atoms. The topological polar surface area (TPSA) is 462 Å². The molecule has 2 aromatic carbocycles.